The zero-order valence-electron chi connectivity index (χ0n) is 49.1. The molecule has 6 unspecified atom stereocenters. The van der Waals surface area contributed by atoms with Gasteiger partial charge in [-0.3, -0.25) is 14.4 Å². The summed E-state index contributed by atoms with van der Waals surface area (Å²) in [5.74, 6) is -3.27. The van der Waals surface area contributed by atoms with Gasteiger partial charge in [0, 0.05) is 19.3 Å². The molecule has 0 aromatic heterocycles. The monoisotopic (exact) mass is 1100 g/mol. The summed E-state index contributed by atoms with van der Waals surface area (Å²) in [7, 11) is 0. The number of aliphatic hydroxyl groups excluding tert-OH is 2. The number of ether oxygens (including phenoxy) is 5. The fraction of sp³-hybridized carbons (Fsp3) is 0.642. The SMILES string of the molecule is CC/C=C\C/C=C\C/C=C\C/C=C\C/C=C\C/C=C\CCC(=O)OCC(COC1OC(C(=O)O)C(O)C(O)C1OC(=O)CCCCCCCCCCCCCCC)OC(=O)CCCCCC/C=C\C/C=C\C/C=C\C/C=C\CC. The van der Waals surface area contributed by atoms with Crippen molar-refractivity contribution >= 4 is 23.9 Å². The highest BCUT2D eigenvalue weighted by Gasteiger charge is 2.50. The molecular formula is C67H106O12. The molecule has 0 bridgehead atoms. The molecule has 0 radical (unpaired) electrons. The van der Waals surface area contributed by atoms with Crippen molar-refractivity contribution in [2.75, 3.05) is 13.2 Å². The van der Waals surface area contributed by atoms with Crippen LogP contribution in [0.5, 0.6) is 0 Å². The van der Waals surface area contributed by atoms with Crippen LogP contribution in [0.2, 0.25) is 0 Å². The summed E-state index contributed by atoms with van der Waals surface area (Å²) in [6.45, 7) is 5.67. The summed E-state index contributed by atoms with van der Waals surface area (Å²) in [6.07, 6.45) is 61.8. The molecule has 0 saturated carbocycles. The number of carboxylic acid groups (broad SMARTS) is 1. The topological polar surface area (TPSA) is 175 Å². The third-order valence-electron chi connectivity index (χ3n) is 13.0. The average molecular weight is 1100 g/mol. The Morgan fingerprint density at radius 1 is 0.430 bits per heavy atom. The van der Waals surface area contributed by atoms with E-state index in [0.29, 0.717) is 19.3 Å². The molecule has 1 aliphatic heterocycles. The minimum atomic E-state index is -1.92. The second kappa shape index (κ2) is 53.7. The molecular weight excluding hydrogens is 997 g/mol. The van der Waals surface area contributed by atoms with Crippen LogP contribution < -0.4 is 0 Å². The van der Waals surface area contributed by atoms with Crippen LogP contribution in [0.15, 0.2) is 122 Å². The zero-order valence-corrected chi connectivity index (χ0v) is 49.1. The molecule has 1 fully saturated rings. The van der Waals surface area contributed by atoms with Crippen molar-refractivity contribution in [3.05, 3.63) is 122 Å². The quantitative estimate of drug-likeness (QED) is 0.0228. The van der Waals surface area contributed by atoms with Crippen molar-refractivity contribution in [1.29, 1.82) is 0 Å². The highest BCUT2D eigenvalue weighted by molar-refractivity contribution is 5.74. The molecule has 0 spiro atoms. The fourth-order valence-electron chi connectivity index (χ4n) is 8.44. The second-order valence-corrected chi connectivity index (χ2v) is 20.2. The number of carboxylic acids is 1. The largest absolute Gasteiger partial charge is 0.479 e. The molecule has 12 nitrogen and oxygen atoms in total. The predicted octanol–water partition coefficient (Wildman–Crippen LogP) is 16.0. The van der Waals surface area contributed by atoms with Crippen LogP contribution in [0.1, 0.15) is 226 Å². The number of rotatable bonds is 50. The molecule has 1 aliphatic rings. The summed E-state index contributed by atoms with van der Waals surface area (Å²) in [6, 6.07) is 0. The molecule has 0 aromatic rings. The van der Waals surface area contributed by atoms with Crippen molar-refractivity contribution in [2.24, 2.45) is 0 Å². The van der Waals surface area contributed by atoms with Gasteiger partial charge in [-0.1, -0.05) is 232 Å². The molecule has 6 atom stereocenters. The fourth-order valence-corrected chi connectivity index (χ4v) is 8.44. The maximum atomic E-state index is 13.2. The summed E-state index contributed by atoms with van der Waals surface area (Å²) in [4.78, 5) is 51.2. The van der Waals surface area contributed by atoms with Gasteiger partial charge in [0.25, 0.3) is 0 Å². The molecule has 79 heavy (non-hydrogen) atoms. The van der Waals surface area contributed by atoms with E-state index in [2.05, 4.69) is 130 Å². The van der Waals surface area contributed by atoms with Crippen LogP contribution in [-0.2, 0) is 42.9 Å². The van der Waals surface area contributed by atoms with E-state index in [1.165, 1.54) is 51.4 Å². The van der Waals surface area contributed by atoms with Crippen molar-refractivity contribution in [3.8, 4) is 0 Å². The van der Waals surface area contributed by atoms with E-state index < -0.39 is 67.3 Å². The van der Waals surface area contributed by atoms with E-state index in [1.54, 1.807) is 0 Å². The normalized spacial score (nSPS) is 18.7. The zero-order chi connectivity index (χ0) is 57.5. The highest BCUT2D eigenvalue weighted by Crippen LogP contribution is 2.26. The summed E-state index contributed by atoms with van der Waals surface area (Å²) in [5, 5.41) is 31.5. The second-order valence-electron chi connectivity index (χ2n) is 20.2. The van der Waals surface area contributed by atoms with E-state index in [4.69, 9.17) is 23.7 Å². The van der Waals surface area contributed by atoms with Crippen LogP contribution in [-0.4, -0.2) is 89.2 Å². The summed E-state index contributed by atoms with van der Waals surface area (Å²) in [5.41, 5.74) is 0. The van der Waals surface area contributed by atoms with Crippen molar-refractivity contribution < 1.29 is 58.2 Å². The van der Waals surface area contributed by atoms with Crippen LogP contribution in [0, 0.1) is 0 Å². The summed E-state index contributed by atoms with van der Waals surface area (Å²) >= 11 is 0. The third kappa shape index (κ3) is 43.6. The molecule has 0 aliphatic carbocycles. The molecule has 1 heterocycles. The lowest BCUT2D eigenvalue weighted by atomic mass is 9.98. The van der Waals surface area contributed by atoms with Gasteiger partial charge in [0.05, 0.1) is 6.61 Å². The molecule has 446 valence electrons. The van der Waals surface area contributed by atoms with Crippen molar-refractivity contribution in [3.63, 3.8) is 0 Å². The Bertz CT molecular complexity index is 1840. The van der Waals surface area contributed by atoms with Gasteiger partial charge in [0.1, 0.15) is 18.8 Å². The third-order valence-corrected chi connectivity index (χ3v) is 13.0. The molecule has 0 aromatic carbocycles. The molecule has 1 saturated heterocycles. The van der Waals surface area contributed by atoms with Crippen molar-refractivity contribution in [2.45, 2.75) is 263 Å². The lowest BCUT2D eigenvalue weighted by Gasteiger charge is -2.40. The Labute approximate surface area is 478 Å². The maximum absolute atomic E-state index is 13.2. The minimum Gasteiger partial charge on any atom is -0.479 e. The summed E-state index contributed by atoms with van der Waals surface area (Å²) < 4.78 is 28.3. The lowest BCUT2D eigenvalue weighted by Crippen LogP contribution is -2.61. The number of aliphatic hydroxyl groups is 2. The number of esters is 3. The Hall–Kier alpha value is -4.88. The Morgan fingerprint density at radius 3 is 1.27 bits per heavy atom. The predicted molar refractivity (Wildman–Crippen MR) is 321 cm³/mol. The first-order valence-electron chi connectivity index (χ1n) is 30.5. The smallest absolute Gasteiger partial charge is 0.335 e. The lowest BCUT2D eigenvalue weighted by molar-refractivity contribution is -0.301. The van der Waals surface area contributed by atoms with Gasteiger partial charge in [0.15, 0.2) is 24.6 Å². The first-order chi connectivity index (χ1) is 38.6. The van der Waals surface area contributed by atoms with Gasteiger partial charge >= 0.3 is 23.9 Å². The number of carbonyl (C=O) groups excluding carboxylic acids is 3. The van der Waals surface area contributed by atoms with Gasteiger partial charge in [-0.25, -0.2) is 4.79 Å². The van der Waals surface area contributed by atoms with Crippen LogP contribution in [0.4, 0.5) is 0 Å². The van der Waals surface area contributed by atoms with E-state index in [0.717, 1.165) is 116 Å². The molecule has 12 heteroatoms. The first kappa shape index (κ1) is 72.1. The average Bonchev–Trinajstić information content (AvgIpc) is 3.44. The number of carbonyl (C=O) groups is 4. The number of hydrogen-bond acceptors (Lipinski definition) is 11. The Kier molecular flexibility index (Phi) is 49.1. The van der Waals surface area contributed by atoms with Crippen LogP contribution in [0.3, 0.4) is 0 Å². The molecule has 0 amide bonds. The van der Waals surface area contributed by atoms with E-state index in [-0.39, 0.29) is 25.9 Å². The minimum absolute atomic E-state index is 0.0470. The highest BCUT2D eigenvalue weighted by atomic mass is 16.7. The first-order valence-corrected chi connectivity index (χ1v) is 30.5. The van der Waals surface area contributed by atoms with Gasteiger partial charge in [-0.05, 0) is 96.3 Å². The Balaban J connectivity index is 2.76. The van der Waals surface area contributed by atoms with E-state index in [9.17, 15) is 34.5 Å². The van der Waals surface area contributed by atoms with Gasteiger partial charge in [0.2, 0.25) is 0 Å². The standard InChI is InChI=1S/C67H106O12/c1-4-7-10-13-16-19-22-25-27-29-30-32-33-36-38-41-44-47-50-53-59(68)75-56-58(77-60(69)54-51-48-45-42-40-37-34-31-28-26-23-20-17-14-11-8-5-2)57-76-67-65(63(72)62(71)64(79-67)66(73)74)78-61(70)55-52-49-46-43-39-35-24-21-18-15-12-9-6-3/h7-8,10-11,16-17,19-20,25-28,30,32,34,36-38,44,47,58,62-65,67,71-72H,4-6,9,12-15,18,21-24,29,31,33,35,39-43,45-46,48-57H2,1-3H3,(H,73,74)/b10-7-,11-8-,19-16-,20-17-,27-25-,28-26-,32-30-,37-34-,38-36-,47-44-. The van der Waals surface area contributed by atoms with Gasteiger partial charge < -0.3 is 39.0 Å². The molecule has 1 rings (SSSR count). The number of hydrogen-bond donors (Lipinski definition) is 3. The van der Waals surface area contributed by atoms with Crippen molar-refractivity contribution in [1.82, 2.24) is 0 Å². The van der Waals surface area contributed by atoms with E-state index in [1.807, 2.05) is 12.2 Å². The van der Waals surface area contributed by atoms with Crippen LogP contribution in [0.25, 0.3) is 0 Å². The number of unbranched alkanes of at least 4 members (excludes halogenated alkanes) is 16. The van der Waals surface area contributed by atoms with E-state index >= 15 is 0 Å². The maximum Gasteiger partial charge on any atom is 0.335 e. The number of aliphatic carboxylic acids is 1. The molecule has 3 N–H and O–H groups in total. The van der Waals surface area contributed by atoms with Gasteiger partial charge in [-0.2, -0.15) is 0 Å². The van der Waals surface area contributed by atoms with Crippen LogP contribution >= 0.6 is 0 Å². The number of allylic oxidation sites excluding steroid dienone is 20. The van der Waals surface area contributed by atoms with Gasteiger partial charge in [-0.15, -0.1) is 0 Å². The Morgan fingerprint density at radius 2 is 0.823 bits per heavy atom.